The van der Waals surface area contributed by atoms with Crippen molar-refractivity contribution in [3.05, 3.63) is 41.7 Å². The van der Waals surface area contributed by atoms with E-state index in [2.05, 4.69) is 10.4 Å². The van der Waals surface area contributed by atoms with Gasteiger partial charge in [-0.15, -0.1) is 0 Å². The Morgan fingerprint density at radius 3 is 2.60 bits per heavy atom. The van der Waals surface area contributed by atoms with E-state index in [1.54, 1.807) is 11.6 Å². The molecule has 2 fully saturated rings. The molecular formula is C23H30N4O3. The van der Waals surface area contributed by atoms with Crippen LogP contribution in [0.4, 0.5) is 10.5 Å². The van der Waals surface area contributed by atoms with Crippen molar-refractivity contribution in [1.82, 2.24) is 14.7 Å². The number of ether oxygens (including phenoxy) is 1. The van der Waals surface area contributed by atoms with Crippen LogP contribution < -0.4 is 5.32 Å². The molecule has 0 bridgehead atoms. The molecule has 2 amide bonds. The molecule has 7 nitrogen and oxygen atoms in total. The normalized spacial score (nSPS) is 21.1. The largest absolute Gasteiger partial charge is 0.462 e. The first-order chi connectivity index (χ1) is 14.6. The van der Waals surface area contributed by atoms with Crippen molar-refractivity contribution >= 4 is 17.7 Å². The molecule has 2 atom stereocenters. The van der Waals surface area contributed by atoms with Crippen molar-refractivity contribution in [3.8, 4) is 5.69 Å². The highest BCUT2D eigenvalue weighted by Gasteiger charge is 2.32. The van der Waals surface area contributed by atoms with Crippen LogP contribution in [-0.4, -0.2) is 46.4 Å². The Morgan fingerprint density at radius 1 is 1.13 bits per heavy atom. The van der Waals surface area contributed by atoms with Crippen LogP contribution in [0.3, 0.4) is 0 Å². The summed E-state index contributed by atoms with van der Waals surface area (Å²) in [6.07, 6.45) is 7.86. The van der Waals surface area contributed by atoms with Gasteiger partial charge >= 0.3 is 12.0 Å². The number of anilines is 1. The van der Waals surface area contributed by atoms with Crippen LogP contribution in [0.1, 0.15) is 55.1 Å². The number of nitrogens with one attached hydrogen (secondary N) is 1. The first-order valence-electron chi connectivity index (χ1n) is 10.9. The second kappa shape index (κ2) is 8.90. The summed E-state index contributed by atoms with van der Waals surface area (Å²) < 4.78 is 6.77. The van der Waals surface area contributed by atoms with Crippen LogP contribution in [0.5, 0.6) is 0 Å². The molecule has 1 aromatic carbocycles. The lowest BCUT2D eigenvalue weighted by atomic mass is 9.75. The number of piperidine rings is 1. The summed E-state index contributed by atoms with van der Waals surface area (Å²) in [5, 5.41) is 7.34. The zero-order chi connectivity index (χ0) is 21.1. The first kappa shape index (κ1) is 20.4. The summed E-state index contributed by atoms with van der Waals surface area (Å²) in [5.74, 6) is 1.10. The number of carbonyl (C=O) groups is 2. The number of hydrogen-bond acceptors (Lipinski definition) is 4. The lowest BCUT2D eigenvalue weighted by Gasteiger charge is -2.41. The van der Waals surface area contributed by atoms with Gasteiger partial charge < -0.3 is 15.0 Å². The Hall–Kier alpha value is -2.83. The minimum Gasteiger partial charge on any atom is -0.462 e. The molecule has 30 heavy (non-hydrogen) atoms. The van der Waals surface area contributed by atoms with E-state index in [1.807, 2.05) is 36.1 Å². The van der Waals surface area contributed by atoms with Gasteiger partial charge in [0.25, 0.3) is 0 Å². The number of likely N-dealkylation sites (tertiary alicyclic amines) is 1. The number of aromatic nitrogens is 2. The third-order valence-corrected chi connectivity index (χ3v) is 6.45. The Morgan fingerprint density at radius 2 is 1.87 bits per heavy atom. The molecule has 1 saturated carbocycles. The molecular weight excluding hydrogens is 380 g/mol. The van der Waals surface area contributed by atoms with Gasteiger partial charge in [0.2, 0.25) is 0 Å². The Labute approximate surface area is 177 Å². The molecule has 0 unspecified atom stereocenters. The van der Waals surface area contributed by atoms with Crippen molar-refractivity contribution in [2.45, 2.75) is 46.0 Å². The zero-order valence-electron chi connectivity index (χ0n) is 17.8. The number of fused-ring (bicyclic) bond motifs is 1. The topological polar surface area (TPSA) is 76.5 Å². The van der Waals surface area contributed by atoms with E-state index in [1.165, 1.54) is 31.9 Å². The van der Waals surface area contributed by atoms with E-state index in [9.17, 15) is 9.59 Å². The maximum atomic E-state index is 12.7. The van der Waals surface area contributed by atoms with Crippen molar-refractivity contribution in [2.24, 2.45) is 11.8 Å². The summed E-state index contributed by atoms with van der Waals surface area (Å²) >= 11 is 0. The third kappa shape index (κ3) is 4.20. The van der Waals surface area contributed by atoms with E-state index in [4.69, 9.17) is 4.74 Å². The number of esters is 1. The second-order valence-electron chi connectivity index (χ2n) is 8.29. The average Bonchev–Trinajstić information content (AvgIpc) is 3.15. The molecule has 2 heterocycles. The highest BCUT2D eigenvalue weighted by molar-refractivity contribution is 5.91. The highest BCUT2D eigenvalue weighted by atomic mass is 16.5. The third-order valence-electron chi connectivity index (χ3n) is 6.45. The van der Waals surface area contributed by atoms with Gasteiger partial charge in [-0.25, -0.2) is 14.3 Å². The minimum atomic E-state index is -0.369. The molecule has 0 spiro atoms. The molecule has 7 heteroatoms. The van der Waals surface area contributed by atoms with Crippen molar-refractivity contribution in [2.75, 3.05) is 25.0 Å². The lowest BCUT2D eigenvalue weighted by molar-refractivity contribution is 0.0525. The number of amides is 2. The van der Waals surface area contributed by atoms with Crippen LogP contribution in [0.2, 0.25) is 0 Å². The number of nitrogens with zero attached hydrogens (tertiary/aromatic N) is 3. The van der Waals surface area contributed by atoms with E-state index in [0.29, 0.717) is 18.1 Å². The van der Waals surface area contributed by atoms with Crippen molar-refractivity contribution in [1.29, 1.82) is 0 Å². The Kier molecular flexibility index (Phi) is 6.06. The predicted molar refractivity (Wildman–Crippen MR) is 115 cm³/mol. The van der Waals surface area contributed by atoms with Crippen LogP contribution >= 0.6 is 0 Å². The van der Waals surface area contributed by atoms with Gasteiger partial charge in [-0.1, -0.05) is 19.3 Å². The first-order valence-corrected chi connectivity index (χ1v) is 10.9. The molecule has 1 aliphatic carbocycles. The summed E-state index contributed by atoms with van der Waals surface area (Å²) in [6, 6.07) is 7.49. The maximum Gasteiger partial charge on any atom is 0.341 e. The number of carbonyl (C=O) groups excluding carboxylic acids is 2. The number of urea groups is 1. The van der Waals surface area contributed by atoms with Gasteiger partial charge in [-0.2, -0.15) is 5.10 Å². The fourth-order valence-electron chi connectivity index (χ4n) is 4.75. The predicted octanol–water partition coefficient (Wildman–Crippen LogP) is 4.40. The Bertz CT molecular complexity index is 906. The van der Waals surface area contributed by atoms with Gasteiger partial charge in [0.1, 0.15) is 5.56 Å². The average molecular weight is 411 g/mol. The van der Waals surface area contributed by atoms with Gasteiger partial charge in [0.05, 0.1) is 24.2 Å². The molecule has 2 aliphatic rings. The smallest absolute Gasteiger partial charge is 0.341 e. The molecule has 160 valence electrons. The highest BCUT2D eigenvalue weighted by Crippen LogP contribution is 2.36. The zero-order valence-corrected chi connectivity index (χ0v) is 17.8. The molecule has 1 saturated heterocycles. The standard InChI is InChI=1S/C23H30N4O3/c1-3-30-22(28)21-14-24-27(16(21)2)20-10-8-19(9-11-20)25-23(29)26-13-12-17-6-4-5-7-18(17)15-26/h8-11,14,17-18H,3-7,12-13,15H2,1-2H3,(H,25,29)/t17-,18-/m0/s1. The fourth-order valence-corrected chi connectivity index (χ4v) is 4.75. The van der Waals surface area contributed by atoms with Crippen LogP contribution in [0.15, 0.2) is 30.5 Å². The molecule has 1 aliphatic heterocycles. The number of hydrogen-bond donors (Lipinski definition) is 1. The van der Waals surface area contributed by atoms with E-state index < -0.39 is 0 Å². The Balaban J connectivity index is 1.39. The molecule has 4 rings (SSSR count). The van der Waals surface area contributed by atoms with Crippen molar-refractivity contribution in [3.63, 3.8) is 0 Å². The molecule has 1 N–H and O–H groups in total. The van der Waals surface area contributed by atoms with Gasteiger partial charge in [-0.05, 0) is 62.8 Å². The van der Waals surface area contributed by atoms with Crippen LogP contribution in [0.25, 0.3) is 5.69 Å². The van der Waals surface area contributed by atoms with E-state index >= 15 is 0 Å². The number of rotatable bonds is 4. The van der Waals surface area contributed by atoms with Crippen molar-refractivity contribution < 1.29 is 14.3 Å². The van der Waals surface area contributed by atoms with Gasteiger partial charge in [0, 0.05) is 18.8 Å². The summed E-state index contributed by atoms with van der Waals surface area (Å²) in [4.78, 5) is 26.7. The quantitative estimate of drug-likeness (QED) is 0.758. The molecule has 1 aromatic heterocycles. The minimum absolute atomic E-state index is 0.0216. The number of benzene rings is 1. The lowest BCUT2D eigenvalue weighted by Crippen LogP contribution is -2.46. The SMILES string of the molecule is CCOC(=O)c1cnn(-c2ccc(NC(=O)N3CC[C@@H]4CCCC[C@H]4C3)cc2)c1C. The summed E-state index contributed by atoms with van der Waals surface area (Å²) in [6.45, 7) is 5.66. The summed E-state index contributed by atoms with van der Waals surface area (Å²) in [7, 11) is 0. The van der Waals surface area contributed by atoms with Gasteiger partial charge in [0.15, 0.2) is 0 Å². The van der Waals surface area contributed by atoms with E-state index in [-0.39, 0.29) is 12.0 Å². The van der Waals surface area contributed by atoms with Gasteiger partial charge in [-0.3, -0.25) is 0 Å². The van der Waals surface area contributed by atoms with E-state index in [0.717, 1.165) is 42.5 Å². The molecule has 0 radical (unpaired) electrons. The molecule has 2 aromatic rings. The van der Waals surface area contributed by atoms with Crippen LogP contribution in [-0.2, 0) is 4.74 Å². The fraction of sp³-hybridized carbons (Fsp3) is 0.522. The maximum absolute atomic E-state index is 12.7. The monoisotopic (exact) mass is 410 g/mol. The van der Waals surface area contributed by atoms with Crippen LogP contribution in [0, 0.1) is 18.8 Å². The summed E-state index contributed by atoms with van der Waals surface area (Å²) in [5.41, 5.74) is 2.76. The second-order valence-corrected chi connectivity index (χ2v) is 8.29.